The number of benzene rings is 1. The molecule has 1 aromatic carbocycles. The van der Waals surface area contributed by atoms with Crippen LogP contribution in [0.1, 0.15) is 25.3 Å². The zero-order valence-electron chi connectivity index (χ0n) is 11.2. The molecule has 0 aromatic heterocycles. The zero-order valence-corrected chi connectivity index (χ0v) is 12.0. The Balaban J connectivity index is 2.03. The van der Waals surface area contributed by atoms with Crippen LogP contribution < -0.4 is 5.32 Å². The van der Waals surface area contributed by atoms with E-state index in [0.29, 0.717) is 30.1 Å². The Morgan fingerprint density at radius 1 is 1.55 bits per heavy atom. The van der Waals surface area contributed by atoms with Crippen LogP contribution in [0.15, 0.2) is 29.4 Å². The molecule has 0 saturated carbocycles. The maximum atomic E-state index is 12.1. The maximum Gasteiger partial charge on any atom is 0.267 e. The van der Waals surface area contributed by atoms with Gasteiger partial charge in [-0.1, -0.05) is 35.0 Å². The van der Waals surface area contributed by atoms with Gasteiger partial charge in [0.1, 0.15) is 0 Å². The minimum Gasteiger partial charge on any atom is -0.396 e. The van der Waals surface area contributed by atoms with Crippen LogP contribution in [0.2, 0.25) is 5.02 Å². The molecule has 0 unspecified atom stereocenters. The predicted molar refractivity (Wildman–Crippen MR) is 76.8 cm³/mol. The van der Waals surface area contributed by atoms with Gasteiger partial charge >= 0.3 is 0 Å². The van der Waals surface area contributed by atoms with Gasteiger partial charge in [-0.2, -0.15) is 0 Å². The summed E-state index contributed by atoms with van der Waals surface area (Å²) in [5.74, 6) is -0.239. The summed E-state index contributed by atoms with van der Waals surface area (Å²) in [5, 5.41) is 16.0. The van der Waals surface area contributed by atoms with Crippen LogP contribution in [0.3, 0.4) is 0 Å². The van der Waals surface area contributed by atoms with Crippen molar-refractivity contribution in [2.45, 2.75) is 25.4 Å². The number of oxime groups is 1. The summed E-state index contributed by atoms with van der Waals surface area (Å²) in [6, 6.07) is 7.32. The Labute approximate surface area is 122 Å². The lowest BCUT2D eigenvalue weighted by Crippen LogP contribution is -2.45. The van der Waals surface area contributed by atoms with E-state index in [-0.39, 0.29) is 12.5 Å². The van der Waals surface area contributed by atoms with Gasteiger partial charge in [0, 0.05) is 30.2 Å². The molecule has 1 aliphatic heterocycles. The third-order valence-corrected chi connectivity index (χ3v) is 3.48. The van der Waals surface area contributed by atoms with E-state index in [1.165, 1.54) is 0 Å². The SMILES string of the molecule is C[C@]1(C(=O)NCCCO)CC(c2ccccc2Cl)=NO1. The molecule has 20 heavy (non-hydrogen) atoms. The summed E-state index contributed by atoms with van der Waals surface area (Å²) < 4.78 is 0. The van der Waals surface area contributed by atoms with Gasteiger partial charge in [-0.25, -0.2) is 0 Å². The van der Waals surface area contributed by atoms with Gasteiger partial charge in [-0.15, -0.1) is 0 Å². The highest BCUT2D eigenvalue weighted by Crippen LogP contribution is 2.29. The maximum absolute atomic E-state index is 12.1. The lowest BCUT2D eigenvalue weighted by molar-refractivity contribution is -0.141. The number of nitrogens with one attached hydrogen (secondary N) is 1. The van der Waals surface area contributed by atoms with Gasteiger partial charge < -0.3 is 15.3 Å². The summed E-state index contributed by atoms with van der Waals surface area (Å²) in [6.07, 6.45) is 0.877. The molecule has 2 rings (SSSR count). The lowest BCUT2D eigenvalue weighted by Gasteiger charge is -2.20. The van der Waals surface area contributed by atoms with E-state index in [2.05, 4.69) is 10.5 Å². The molecule has 5 nitrogen and oxygen atoms in total. The first-order chi connectivity index (χ1) is 9.57. The Hall–Kier alpha value is -1.59. The largest absolute Gasteiger partial charge is 0.396 e. The smallest absolute Gasteiger partial charge is 0.267 e. The standard InChI is InChI=1S/C14H17ClN2O3/c1-14(13(19)16-7-4-8-18)9-12(17-20-14)10-5-2-3-6-11(10)15/h2-3,5-6,18H,4,7-9H2,1H3,(H,16,19)/t14-/m1/s1. The van der Waals surface area contributed by atoms with Crippen LogP contribution in [0.25, 0.3) is 0 Å². The van der Waals surface area contributed by atoms with Crippen molar-refractivity contribution >= 4 is 23.2 Å². The fourth-order valence-electron chi connectivity index (χ4n) is 1.97. The molecular weight excluding hydrogens is 280 g/mol. The van der Waals surface area contributed by atoms with E-state index in [0.717, 1.165) is 5.56 Å². The van der Waals surface area contributed by atoms with Gasteiger partial charge in [0.2, 0.25) is 5.60 Å². The molecule has 1 atom stereocenters. The number of halogens is 1. The number of carbonyl (C=O) groups is 1. The van der Waals surface area contributed by atoms with Crippen molar-refractivity contribution in [3.63, 3.8) is 0 Å². The zero-order chi connectivity index (χ0) is 14.6. The first-order valence-corrected chi connectivity index (χ1v) is 6.84. The van der Waals surface area contributed by atoms with Crippen molar-refractivity contribution in [1.82, 2.24) is 5.32 Å². The third kappa shape index (κ3) is 3.11. The topological polar surface area (TPSA) is 70.9 Å². The summed E-state index contributed by atoms with van der Waals surface area (Å²) in [6.45, 7) is 2.14. The van der Waals surface area contributed by atoms with Crippen LogP contribution in [0, 0.1) is 0 Å². The molecule has 0 radical (unpaired) electrons. The second-order valence-corrected chi connectivity index (χ2v) is 5.26. The van der Waals surface area contributed by atoms with Crippen LogP contribution in [-0.4, -0.2) is 35.5 Å². The Bertz CT molecular complexity index is 533. The van der Waals surface area contributed by atoms with Gasteiger partial charge in [0.05, 0.1) is 5.71 Å². The van der Waals surface area contributed by atoms with Crippen LogP contribution in [0.5, 0.6) is 0 Å². The highest BCUT2D eigenvalue weighted by atomic mass is 35.5. The second kappa shape index (κ2) is 6.24. The molecule has 6 heteroatoms. The molecular formula is C14H17ClN2O3. The number of hydrogen-bond acceptors (Lipinski definition) is 4. The normalized spacial score (nSPS) is 21.2. The van der Waals surface area contributed by atoms with Gasteiger partial charge in [-0.3, -0.25) is 4.79 Å². The van der Waals surface area contributed by atoms with Crippen LogP contribution >= 0.6 is 11.6 Å². The highest BCUT2D eigenvalue weighted by molar-refractivity contribution is 6.34. The summed E-state index contributed by atoms with van der Waals surface area (Å²) in [7, 11) is 0. The molecule has 1 heterocycles. The summed E-state index contributed by atoms with van der Waals surface area (Å²) in [4.78, 5) is 17.4. The van der Waals surface area contributed by atoms with Crippen molar-refractivity contribution < 1.29 is 14.7 Å². The molecule has 2 N–H and O–H groups in total. The monoisotopic (exact) mass is 296 g/mol. The molecule has 108 valence electrons. The predicted octanol–water partition coefficient (Wildman–Crippen LogP) is 1.72. The molecule has 0 fully saturated rings. The molecule has 0 aliphatic carbocycles. The number of hydrogen-bond donors (Lipinski definition) is 2. The fraction of sp³-hybridized carbons (Fsp3) is 0.429. The molecule has 1 aromatic rings. The number of amides is 1. The molecule has 0 saturated heterocycles. The summed E-state index contributed by atoms with van der Waals surface area (Å²) >= 11 is 6.11. The number of rotatable bonds is 5. The fourth-order valence-corrected chi connectivity index (χ4v) is 2.21. The van der Waals surface area contributed by atoms with Crippen molar-refractivity contribution in [2.24, 2.45) is 5.16 Å². The Kier molecular flexibility index (Phi) is 4.62. The van der Waals surface area contributed by atoms with Crippen LogP contribution in [-0.2, 0) is 9.63 Å². The highest BCUT2D eigenvalue weighted by Gasteiger charge is 2.42. The Morgan fingerprint density at radius 3 is 3.00 bits per heavy atom. The molecule has 1 aliphatic rings. The Morgan fingerprint density at radius 2 is 2.30 bits per heavy atom. The molecule has 1 amide bonds. The molecule has 0 bridgehead atoms. The van der Waals surface area contributed by atoms with E-state index in [9.17, 15) is 4.79 Å². The van der Waals surface area contributed by atoms with E-state index in [1.807, 2.05) is 18.2 Å². The first-order valence-electron chi connectivity index (χ1n) is 6.46. The third-order valence-electron chi connectivity index (χ3n) is 3.15. The number of aliphatic hydroxyl groups excluding tert-OH is 1. The lowest BCUT2D eigenvalue weighted by atomic mass is 9.95. The molecule has 0 spiro atoms. The van der Waals surface area contributed by atoms with Crippen molar-refractivity contribution in [3.8, 4) is 0 Å². The number of nitrogens with zero attached hydrogens (tertiary/aromatic N) is 1. The van der Waals surface area contributed by atoms with E-state index >= 15 is 0 Å². The van der Waals surface area contributed by atoms with Crippen LogP contribution in [0.4, 0.5) is 0 Å². The average Bonchev–Trinajstić information content (AvgIpc) is 2.83. The minimum atomic E-state index is -1.02. The van der Waals surface area contributed by atoms with Crippen molar-refractivity contribution in [3.05, 3.63) is 34.9 Å². The summed E-state index contributed by atoms with van der Waals surface area (Å²) in [5.41, 5.74) is 0.417. The first kappa shape index (κ1) is 14.8. The average molecular weight is 297 g/mol. The van der Waals surface area contributed by atoms with Gasteiger partial charge in [0.15, 0.2) is 0 Å². The van der Waals surface area contributed by atoms with E-state index in [4.69, 9.17) is 21.5 Å². The second-order valence-electron chi connectivity index (χ2n) is 4.85. The quantitative estimate of drug-likeness (QED) is 0.813. The van der Waals surface area contributed by atoms with E-state index < -0.39 is 5.60 Å². The van der Waals surface area contributed by atoms with Gasteiger partial charge in [0.25, 0.3) is 5.91 Å². The number of carbonyl (C=O) groups excluding carboxylic acids is 1. The van der Waals surface area contributed by atoms with Gasteiger partial charge in [-0.05, 0) is 19.4 Å². The van der Waals surface area contributed by atoms with Crippen molar-refractivity contribution in [2.75, 3.05) is 13.2 Å². The van der Waals surface area contributed by atoms with E-state index in [1.54, 1.807) is 13.0 Å². The minimum absolute atomic E-state index is 0.0409. The van der Waals surface area contributed by atoms with Crippen molar-refractivity contribution in [1.29, 1.82) is 0 Å². The number of aliphatic hydroxyl groups is 1.